The van der Waals surface area contributed by atoms with Crippen molar-refractivity contribution in [1.29, 1.82) is 0 Å². The second-order valence-electron chi connectivity index (χ2n) is 6.36. The lowest BCUT2D eigenvalue weighted by atomic mass is 10.2. The van der Waals surface area contributed by atoms with Crippen LogP contribution in [0.15, 0.2) is 54.9 Å². The molecular weight excluding hydrogens is 330 g/mol. The Kier molecular flexibility index (Phi) is 5.02. The fourth-order valence-electron chi connectivity index (χ4n) is 2.77. The van der Waals surface area contributed by atoms with Crippen LogP contribution in [-0.4, -0.2) is 33.9 Å². The van der Waals surface area contributed by atoms with E-state index in [1.54, 1.807) is 15.5 Å². The Hall–Kier alpha value is -3.15. The Morgan fingerprint density at radius 3 is 2.62 bits per heavy atom. The number of pyridine rings is 1. The number of rotatable bonds is 5. The van der Waals surface area contributed by atoms with E-state index < -0.39 is 5.97 Å². The second-order valence-corrected chi connectivity index (χ2v) is 6.36. The van der Waals surface area contributed by atoms with E-state index in [0.29, 0.717) is 5.65 Å². The van der Waals surface area contributed by atoms with Gasteiger partial charge < -0.3 is 14.0 Å². The largest absolute Gasteiger partial charge is 0.451 e. The molecule has 26 heavy (non-hydrogen) atoms. The predicted molar refractivity (Wildman–Crippen MR) is 99.3 cm³/mol. The molecule has 0 aliphatic rings. The molecule has 0 atom stereocenters. The number of ether oxygens (including phenoxy) is 1. The van der Waals surface area contributed by atoms with Crippen molar-refractivity contribution < 1.29 is 14.3 Å². The number of nitrogens with zero attached hydrogens (tertiary/aromatic N) is 3. The summed E-state index contributed by atoms with van der Waals surface area (Å²) in [5.41, 5.74) is 2.66. The minimum atomic E-state index is -0.614. The summed E-state index contributed by atoms with van der Waals surface area (Å²) in [5, 5.41) is 0. The minimum absolute atomic E-state index is 0.0539. The number of amides is 1. The summed E-state index contributed by atoms with van der Waals surface area (Å²) in [5.74, 6) is -0.893. The molecule has 2 aromatic heterocycles. The van der Waals surface area contributed by atoms with Crippen LogP contribution in [-0.2, 0) is 9.53 Å². The van der Waals surface area contributed by atoms with Gasteiger partial charge in [-0.1, -0.05) is 18.2 Å². The van der Waals surface area contributed by atoms with E-state index in [1.807, 2.05) is 69.4 Å². The molecule has 0 N–H and O–H groups in total. The van der Waals surface area contributed by atoms with Gasteiger partial charge in [0.2, 0.25) is 0 Å². The number of para-hydroxylation sites is 1. The van der Waals surface area contributed by atoms with Gasteiger partial charge in [-0.3, -0.25) is 4.79 Å². The highest BCUT2D eigenvalue weighted by Gasteiger charge is 2.21. The standard InChI is InChI=1S/C20H21N3O3/c1-14(2)23(16-7-5-4-6-8-16)19(24)13-26-20(25)17-12-22-10-9-15(3)11-18(22)21-17/h4-12,14H,13H2,1-3H3. The maximum absolute atomic E-state index is 12.6. The fourth-order valence-corrected chi connectivity index (χ4v) is 2.77. The first-order valence-corrected chi connectivity index (χ1v) is 8.45. The van der Waals surface area contributed by atoms with Gasteiger partial charge in [0.1, 0.15) is 5.65 Å². The lowest BCUT2D eigenvalue weighted by Crippen LogP contribution is -2.39. The number of anilines is 1. The zero-order chi connectivity index (χ0) is 18.7. The first-order valence-electron chi connectivity index (χ1n) is 8.45. The normalized spacial score (nSPS) is 10.9. The molecule has 0 fully saturated rings. The van der Waals surface area contributed by atoms with Crippen molar-refractivity contribution in [2.24, 2.45) is 0 Å². The molecule has 0 bridgehead atoms. The van der Waals surface area contributed by atoms with Crippen LogP contribution in [0.2, 0.25) is 0 Å². The highest BCUT2D eigenvalue weighted by molar-refractivity contribution is 5.97. The van der Waals surface area contributed by atoms with Gasteiger partial charge in [0, 0.05) is 24.1 Å². The quantitative estimate of drug-likeness (QED) is 0.662. The van der Waals surface area contributed by atoms with Crippen LogP contribution in [0.25, 0.3) is 5.65 Å². The van der Waals surface area contributed by atoms with Crippen LogP contribution >= 0.6 is 0 Å². The molecule has 0 saturated carbocycles. The van der Waals surface area contributed by atoms with Crippen molar-refractivity contribution in [3.8, 4) is 0 Å². The molecule has 1 amide bonds. The average molecular weight is 351 g/mol. The van der Waals surface area contributed by atoms with E-state index in [0.717, 1.165) is 11.3 Å². The van der Waals surface area contributed by atoms with Crippen molar-refractivity contribution >= 4 is 23.2 Å². The summed E-state index contributed by atoms with van der Waals surface area (Å²) >= 11 is 0. The SMILES string of the molecule is Cc1ccn2cc(C(=O)OCC(=O)N(c3ccccc3)C(C)C)nc2c1. The lowest BCUT2D eigenvalue weighted by Gasteiger charge is -2.26. The Labute approximate surface area is 152 Å². The molecular formula is C20H21N3O3. The van der Waals surface area contributed by atoms with Crippen LogP contribution in [0.3, 0.4) is 0 Å². The van der Waals surface area contributed by atoms with Crippen molar-refractivity contribution in [2.75, 3.05) is 11.5 Å². The van der Waals surface area contributed by atoms with Gasteiger partial charge in [0.05, 0.1) is 0 Å². The van der Waals surface area contributed by atoms with Crippen LogP contribution < -0.4 is 4.90 Å². The number of fused-ring (bicyclic) bond motifs is 1. The van der Waals surface area contributed by atoms with Gasteiger partial charge in [0.25, 0.3) is 5.91 Å². The van der Waals surface area contributed by atoms with Crippen molar-refractivity contribution in [2.45, 2.75) is 26.8 Å². The molecule has 0 saturated heterocycles. The Morgan fingerprint density at radius 1 is 1.19 bits per heavy atom. The molecule has 6 nitrogen and oxygen atoms in total. The zero-order valence-corrected chi connectivity index (χ0v) is 15.0. The van der Waals surface area contributed by atoms with Crippen LogP contribution in [0.5, 0.6) is 0 Å². The van der Waals surface area contributed by atoms with Gasteiger partial charge >= 0.3 is 5.97 Å². The number of benzene rings is 1. The Balaban J connectivity index is 1.70. The van der Waals surface area contributed by atoms with E-state index in [9.17, 15) is 9.59 Å². The summed E-state index contributed by atoms with van der Waals surface area (Å²) in [7, 11) is 0. The minimum Gasteiger partial charge on any atom is -0.451 e. The Bertz CT molecular complexity index is 932. The van der Waals surface area contributed by atoms with E-state index in [4.69, 9.17) is 4.74 Å². The number of hydrogen-bond acceptors (Lipinski definition) is 4. The average Bonchev–Trinajstić information content (AvgIpc) is 3.03. The number of esters is 1. The first kappa shape index (κ1) is 17.7. The van der Waals surface area contributed by atoms with Gasteiger partial charge in [-0.05, 0) is 50.6 Å². The van der Waals surface area contributed by atoms with Gasteiger partial charge in [-0.25, -0.2) is 9.78 Å². The molecule has 0 spiro atoms. The van der Waals surface area contributed by atoms with Crippen LogP contribution in [0.1, 0.15) is 29.9 Å². The number of aromatic nitrogens is 2. The van der Waals surface area contributed by atoms with Crippen molar-refractivity contribution in [3.05, 3.63) is 66.1 Å². The molecule has 0 radical (unpaired) electrons. The molecule has 134 valence electrons. The second kappa shape index (κ2) is 7.39. The predicted octanol–water partition coefficient (Wildman–Crippen LogP) is 3.24. The molecule has 2 heterocycles. The van der Waals surface area contributed by atoms with E-state index in [2.05, 4.69) is 4.98 Å². The third kappa shape index (κ3) is 3.74. The summed E-state index contributed by atoms with van der Waals surface area (Å²) in [6.45, 7) is 5.45. The van der Waals surface area contributed by atoms with Crippen LogP contribution in [0.4, 0.5) is 5.69 Å². The summed E-state index contributed by atoms with van der Waals surface area (Å²) in [6.07, 6.45) is 3.43. The number of aryl methyl sites for hydroxylation is 1. The maximum atomic E-state index is 12.6. The van der Waals surface area contributed by atoms with E-state index in [1.165, 1.54) is 0 Å². The van der Waals surface area contributed by atoms with Crippen molar-refractivity contribution in [1.82, 2.24) is 9.38 Å². The van der Waals surface area contributed by atoms with Gasteiger partial charge in [-0.2, -0.15) is 0 Å². The Morgan fingerprint density at radius 2 is 1.92 bits per heavy atom. The third-order valence-corrected chi connectivity index (χ3v) is 3.97. The number of carbonyl (C=O) groups excluding carboxylic acids is 2. The monoisotopic (exact) mass is 351 g/mol. The van der Waals surface area contributed by atoms with Gasteiger partial charge in [-0.15, -0.1) is 0 Å². The third-order valence-electron chi connectivity index (χ3n) is 3.97. The summed E-state index contributed by atoms with van der Waals surface area (Å²) in [4.78, 5) is 30.7. The molecule has 0 unspecified atom stereocenters. The highest BCUT2D eigenvalue weighted by atomic mass is 16.5. The smallest absolute Gasteiger partial charge is 0.359 e. The highest BCUT2D eigenvalue weighted by Crippen LogP contribution is 2.17. The van der Waals surface area contributed by atoms with Gasteiger partial charge in [0.15, 0.2) is 12.3 Å². The molecule has 6 heteroatoms. The first-order chi connectivity index (χ1) is 12.5. The fraction of sp³-hybridized carbons (Fsp3) is 0.250. The zero-order valence-electron chi connectivity index (χ0n) is 15.0. The molecule has 1 aromatic carbocycles. The topological polar surface area (TPSA) is 63.9 Å². The number of hydrogen-bond donors (Lipinski definition) is 0. The number of carbonyl (C=O) groups is 2. The maximum Gasteiger partial charge on any atom is 0.359 e. The van der Waals surface area contributed by atoms with Crippen molar-refractivity contribution in [3.63, 3.8) is 0 Å². The molecule has 3 aromatic rings. The molecule has 3 rings (SSSR count). The lowest BCUT2D eigenvalue weighted by molar-refractivity contribution is -0.122. The van der Waals surface area contributed by atoms with E-state index >= 15 is 0 Å². The summed E-state index contributed by atoms with van der Waals surface area (Å²) in [6, 6.07) is 13.1. The molecule has 0 aliphatic carbocycles. The van der Waals surface area contributed by atoms with E-state index in [-0.39, 0.29) is 24.2 Å². The van der Waals surface area contributed by atoms with Crippen LogP contribution in [0, 0.1) is 6.92 Å². The number of imidazole rings is 1. The summed E-state index contributed by atoms with van der Waals surface area (Å²) < 4.78 is 6.94. The molecule has 0 aliphatic heterocycles.